The predicted molar refractivity (Wildman–Crippen MR) is 77.6 cm³/mol. The molecule has 0 bridgehead atoms. The Balaban J connectivity index is 1.88. The molecule has 1 aromatic rings. The fourth-order valence-corrected chi connectivity index (χ4v) is 5.01. The summed E-state index contributed by atoms with van der Waals surface area (Å²) in [6, 6.07) is 0. The van der Waals surface area contributed by atoms with E-state index in [-0.39, 0.29) is 6.42 Å². The van der Waals surface area contributed by atoms with Crippen molar-refractivity contribution in [2.24, 2.45) is 11.7 Å². The number of hydrogen-bond donors (Lipinski definition) is 1. The van der Waals surface area contributed by atoms with Gasteiger partial charge in [0.1, 0.15) is 10.4 Å². The average molecular weight is 332 g/mol. The molecule has 0 spiro atoms. The summed E-state index contributed by atoms with van der Waals surface area (Å²) >= 11 is 1.26. The SMILES string of the molecule is NC(=O)C1(c2ncc([C@H]3CCCC[C@H]3C(F)(F)F)s2)CCC1. The van der Waals surface area contributed by atoms with E-state index in [1.807, 2.05) is 0 Å². The Bertz CT molecular complexity index is 565. The van der Waals surface area contributed by atoms with Gasteiger partial charge in [-0.1, -0.05) is 19.3 Å². The van der Waals surface area contributed by atoms with Crippen LogP contribution in [-0.4, -0.2) is 17.1 Å². The number of nitrogens with two attached hydrogens (primary N) is 1. The highest BCUT2D eigenvalue weighted by Crippen LogP contribution is 2.50. The van der Waals surface area contributed by atoms with Crippen molar-refractivity contribution < 1.29 is 18.0 Å². The van der Waals surface area contributed by atoms with Gasteiger partial charge < -0.3 is 5.73 Å². The van der Waals surface area contributed by atoms with Gasteiger partial charge in [0.2, 0.25) is 5.91 Å². The quantitative estimate of drug-likeness (QED) is 0.913. The molecule has 0 radical (unpaired) electrons. The van der Waals surface area contributed by atoms with Crippen LogP contribution in [0.15, 0.2) is 6.20 Å². The van der Waals surface area contributed by atoms with Gasteiger partial charge in [-0.2, -0.15) is 13.2 Å². The van der Waals surface area contributed by atoms with Crippen LogP contribution >= 0.6 is 11.3 Å². The topological polar surface area (TPSA) is 56.0 Å². The van der Waals surface area contributed by atoms with Gasteiger partial charge in [-0.25, -0.2) is 4.98 Å². The lowest BCUT2D eigenvalue weighted by atomic mass is 9.69. The van der Waals surface area contributed by atoms with Crippen molar-refractivity contribution in [3.05, 3.63) is 16.1 Å². The summed E-state index contributed by atoms with van der Waals surface area (Å²) in [6.45, 7) is 0. The Morgan fingerprint density at radius 2 is 1.95 bits per heavy atom. The number of carbonyl (C=O) groups excluding carboxylic acids is 1. The fraction of sp³-hybridized carbons (Fsp3) is 0.733. The molecule has 22 heavy (non-hydrogen) atoms. The van der Waals surface area contributed by atoms with Crippen LogP contribution in [0, 0.1) is 5.92 Å². The van der Waals surface area contributed by atoms with Crippen molar-refractivity contribution >= 4 is 17.2 Å². The number of halogens is 3. The minimum atomic E-state index is -4.17. The predicted octanol–water partition coefficient (Wildman–Crippen LogP) is 3.89. The van der Waals surface area contributed by atoms with Crippen molar-refractivity contribution in [1.29, 1.82) is 0 Å². The molecule has 122 valence electrons. The number of rotatable bonds is 3. The van der Waals surface area contributed by atoms with Crippen LogP contribution in [0.2, 0.25) is 0 Å². The van der Waals surface area contributed by atoms with E-state index >= 15 is 0 Å². The summed E-state index contributed by atoms with van der Waals surface area (Å²) in [6.07, 6.45) is 1.74. The number of aromatic nitrogens is 1. The molecule has 2 aliphatic carbocycles. The third kappa shape index (κ3) is 2.53. The standard InChI is InChI=1S/C15H19F3N2OS/c16-15(17,18)10-5-2-1-4-9(10)11-8-20-13(22-11)14(12(19)21)6-3-7-14/h8-10H,1-7H2,(H2,19,21)/t9-,10+/m0/s1. The Kier molecular flexibility index (Phi) is 3.95. The van der Waals surface area contributed by atoms with Gasteiger partial charge >= 0.3 is 6.18 Å². The van der Waals surface area contributed by atoms with Crippen LogP contribution in [-0.2, 0) is 10.2 Å². The highest BCUT2D eigenvalue weighted by Gasteiger charge is 2.49. The molecule has 0 aliphatic heterocycles. The summed E-state index contributed by atoms with van der Waals surface area (Å²) in [5, 5.41) is 0.604. The number of amides is 1. The van der Waals surface area contributed by atoms with Crippen LogP contribution < -0.4 is 5.73 Å². The van der Waals surface area contributed by atoms with E-state index in [0.717, 1.165) is 12.8 Å². The fourth-order valence-electron chi connectivity index (χ4n) is 3.64. The molecule has 2 fully saturated rings. The second kappa shape index (κ2) is 5.51. The van der Waals surface area contributed by atoms with E-state index in [9.17, 15) is 18.0 Å². The van der Waals surface area contributed by atoms with Crippen LogP contribution in [0.1, 0.15) is 60.7 Å². The Morgan fingerprint density at radius 3 is 2.50 bits per heavy atom. The summed E-state index contributed by atoms with van der Waals surface area (Å²) < 4.78 is 39.7. The molecule has 0 aromatic carbocycles. The lowest BCUT2D eigenvalue weighted by molar-refractivity contribution is -0.187. The minimum Gasteiger partial charge on any atom is -0.369 e. The van der Waals surface area contributed by atoms with E-state index in [1.165, 1.54) is 17.5 Å². The zero-order valence-electron chi connectivity index (χ0n) is 12.2. The first-order chi connectivity index (χ1) is 10.3. The summed E-state index contributed by atoms with van der Waals surface area (Å²) in [4.78, 5) is 16.7. The van der Waals surface area contributed by atoms with Crippen molar-refractivity contribution in [3.63, 3.8) is 0 Å². The lowest BCUT2D eigenvalue weighted by Gasteiger charge is -2.37. The molecule has 2 N–H and O–H groups in total. The molecule has 1 amide bonds. The Morgan fingerprint density at radius 1 is 1.27 bits per heavy atom. The van der Waals surface area contributed by atoms with Crippen LogP contribution in [0.25, 0.3) is 0 Å². The first kappa shape index (κ1) is 15.8. The molecular weight excluding hydrogens is 313 g/mol. The van der Waals surface area contributed by atoms with Gasteiger partial charge in [-0.15, -0.1) is 11.3 Å². The molecule has 2 saturated carbocycles. The molecule has 0 unspecified atom stereocenters. The maximum Gasteiger partial charge on any atom is 0.392 e. The molecule has 0 saturated heterocycles. The lowest BCUT2D eigenvalue weighted by Crippen LogP contribution is -2.46. The van der Waals surface area contributed by atoms with Gasteiger partial charge in [0.25, 0.3) is 0 Å². The maximum absolute atomic E-state index is 13.2. The molecule has 3 rings (SSSR count). The molecular formula is C15H19F3N2OS. The van der Waals surface area contributed by atoms with E-state index in [2.05, 4.69) is 4.98 Å². The van der Waals surface area contributed by atoms with Crippen LogP contribution in [0.3, 0.4) is 0 Å². The molecule has 2 atom stereocenters. The van der Waals surface area contributed by atoms with E-state index in [4.69, 9.17) is 5.73 Å². The minimum absolute atomic E-state index is 0.183. The van der Waals surface area contributed by atoms with Gasteiger partial charge in [0, 0.05) is 17.0 Å². The Labute approximate surface area is 131 Å². The van der Waals surface area contributed by atoms with Gasteiger partial charge in [-0.05, 0) is 25.7 Å². The summed E-state index contributed by atoms with van der Waals surface area (Å²) in [7, 11) is 0. The average Bonchev–Trinajstić information content (AvgIpc) is 2.85. The van der Waals surface area contributed by atoms with Gasteiger partial charge in [0.05, 0.1) is 5.92 Å². The monoisotopic (exact) mass is 332 g/mol. The van der Waals surface area contributed by atoms with Crippen LogP contribution in [0.5, 0.6) is 0 Å². The highest BCUT2D eigenvalue weighted by atomic mass is 32.1. The summed E-state index contributed by atoms with van der Waals surface area (Å²) in [5.74, 6) is -2.22. The first-order valence-electron chi connectivity index (χ1n) is 7.67. The zero-order chi connectivity index (χ0) is 16.0. The van der Waals surface area contributed by atoms with Gasteiger partial charge in [0.15, 0.2) is 0 Å². The molecule has 7 heteroatoms. The van der Waals surface area contributed by atoms with Crippen molar-refractivity contribution in [3.8, 4) is 0 Å². The Hall–Kier alpha value is -1.11. The normalized spacial score (nSPS) is 28.1. The van der Waals surface area contributed by atoms with E-state index in [1.54, 1.807) is 0 Å². The first-order valence-corrected chi connectivity index (χ1v) is 8.49. The number of hydrogen-bond acceptors (Lipinski definition) is 3. The van der Waals surface area contributed by atoms with Crippen molar-refractivity contribution in [1.82, 2.24) is 4.98 Å². The number of primary amides is 1. The third-order valence-electron chi connectivity index (χ3n) is 5.16. The van der Waals surface area contributed by atoms with E-state index < -0.39 is 29.3 Å². The second-order valence-corrected chi connectivity index (χ2v) is 7.47. The largest absolute Gasteiger partial charge is 0.392 e. The number of carbonyl (C=O) groups is 1. The highest BCUT2D eigenvalue weighted by molar-refractivity contribution is 7.12. The molecule has 3 nitrogen and oxygen atoms in total. The molecule has 1 heterocycles. The number of nitrogens with zero attached hydrogens (tertiary/aromatic N) is 1. The van der Waals surface area contributed by atoms with Crippen molar-refractivity contribution in [2.45, 2.75) is 62.5 Å². The maximum atomic E-state index is 13.2. The smallest absolute Gasteiger partial charge is 0.369 e. The van der Waals surface area contributed by atoms with Crippen molar-refractivity contribution in [2.75, 3.05) is 0 Å². The molecule has 1 aromatic heterocycles. The van der Waals surface area contributed by atoms with Gasteiger partial charge in [-0.3, -0.25) is 4.79 Å². The summed E-state index contributed by atoms with van der Waals surface area (Å²) in [5.41, 5.74) is 4.77. The van der Waals surface area contributed by atoms with Crippen LogP contribution in [0.4, 0.5) is 13.2 Å². The third-order valence-corrected chi connectivity index (χ3v) is 6.50. The molecule has 2 aliphatic rings. The van der Waals surface area contributed by atoms with E-state index in [0.29, 0.717) is 35.6 Å². The number of alkyl halides is 3. The number of thiazole rings is 1. The zero-order valence-corrected chi connectivity index (χ0v) is 13.0. The second-order valence-electron chi connectivity index (χ2n) is 6.41.